The van der Waals surface area contributed by atoms with Gasteiger partial charge in [-0.2, -0.15) is 23.3 Å². The van der Waals surface area contributed by atoms with Gasteiger partial charge in [-0.3, -0.25) is 9.48 Å². The molecule has 0 bridgehead atoms. The summed E-state index contributed by atoms with van der Waals surface area (Å²) in [5.74, 6) is -0.265. The van der Waals surface area contributed by atoms with Crippen LogP contribution in [0.5, 0.6) is 0 Å². The molecule has 140 valence electrons. The number of anilines is 3. The first-order valence-electron chi connectivity index (χ1n) is 7.99. The van der Waals surface area contributed by atoms with E-state index in [2.05, 4.69) is 31.0 Å². The Kier molecular flexibility index (Phi) is 4.70. The molecule has 1 aliphatic heterocycles. The van der Waals surface area contributed by atoms with Crippen LogP contribution >= 0.6 is 0 Å². The largest absolute Gasteiger partial charge is 0.421 e. The van der Waals surface area contributed by atoms with E-state index >= 15 is 0 Å². The molecule has 2 aromatic heterocycles. The molecule has 11 heteroatoms. The second-order valence-electron chi connectivity index (χ2n) is 5.91. The number of aromatic nitrogens is 4. The molecule has 1 unspecified atom stereocenters. The molecule has 0 aliphatic carbocycles. The van der Waals surface area contributed by atoms with E-state index in [1.165, 1.54) is 7.05 Å². The van der Waals surface area contributed by atoms with E-state index in [-0.39, 0.29) is 23.7 Å². The molecule has 3 N–H and O–H groups in total. The van der Waals surface area contributed by atoms with Crippen molar-refractivity contribution in [3.05, 3.63) is 23.7 Å². The molecule has 3 heterocycles. The van der Waals surface area contributed by atoms with E-state index in [4.69, 9.17) is 0 Å². The molecule has 3 rings (SSSR count). The van der Waals surface area contributed by atoms with Crippen LogP contribution in [0.3, 0.4) is 0 Å². The van der Waals surface area contributed by atoms with E-state index in [0.717, 1.165) is 11.9 Å². The van der Waals surface area contributed by atoms with E-state index in [1.54, 1.807) is 10.9 Å². The maximum atomic E-state index is 12.9. The van der Waals surface area contributed by atoms with Crippen LogP contribution in [0, 0.1) is 6.92 Å². The molecule has 1 fully saturated rings. The van der Waals surface area contributed by atoms with Crippen LogP contribution in [0.2, 0.25) is 0 Å². The average Bonchev–Trinajstić information content (AvgIpc) is 2.95. The van der Waals surface area contributed by atoms with Gasteiger partial charge in [-0.05, 0) is 13.3 Å². The summed E-state index contributed by atoms with van der Waals surface area (Å²) in [6, 6.07) is 0.0321. The Bertz CT molecular complexity index is 808. The van der Waals surface area contributed by atoms with Crippen LogP contribution in [0.1, 0.15) is 30.1 Å². The fourth-order valence-electron chi connectivity index (χ4n) is 2.80. The van der Waals surface area contributed by atoms with Crippen LogP contribution in [0.15, 0.2) is 12.4 Å². The lowest BCUT2D eigenvalue weighted by Gasteiger charge is -2.24. The van der Waals surface area contributed by atoms with E-state index < -0.39 is 11.7 Å². The van der Waals surface area contributed by atoms with Crippen molar-refractivity contribution in [2.75, 3.05) is 24.2 Å². The lowest BCUT2D eigenvalue weighted by atomic mass is 10.1. The van der Waals surface area contributed by atoms with Crippen molar-refractivity contribution in [1.29, 1.82) is 0 Å². The van der Waals surface area contributed by atoms with Gasteiger partial charge in [0.05, 0.1) is 23.6 Å². The molecule has 0 spiro atoms. The number of amides is 1. The van der Waals surface area contributed by atoms with Crippen molar-refractivity contribution in [2.45, 2.75) is 32.0 Å². The predicted octanol–water partition coefficient (Wildman–Crippen LogP) is 2.24. The van der Waals surface area contributed by atoms with Gasteiger partial charge in [0.2, 0.25) is 11.9 Å². The number of carbonyl (C=O) groups is 1. The topological polar surface area (TPSA) is 96.8 Å². The number of nitrogens with zero attached hydrogens (tertiary/aromatic N) is 4. The number of hydrogen-bond donors (Lipinski definition) is 3. The summed E-state index contributed by atoms with van der Waals surface area (Å²) < 4.78 is 40.5. The number of hydrogen-bond acceptors (Lipinski definition) is 6. The van der Waals surface area contributed by atoms with Crippen molar-refractivity contribution < 1.29 is 18.0 Å². The third kappa shape index (κ3) is 3.55. The van der Waals surface area contributed by atoms with Crippen LogP contribution in [-0.2, 0) is 11.0 Å². The van der Waals surface area contributed by atoms with Gasteiger partial charge < -0.3 is 16.0 Å². The Morgan fingerprint density at radius 2 is 2.12 bits per heavy atom. The third-order valence-corrected chi connectivity index (χ3v) is 4.21. The fourth-order valence-corrected chi connectivity index (χ4v) is 2.80. The quantitative estimate of drug-likeness (QED) is 0.765. The van der Waals surface area contributed by atoms with Crippen molar-refractivity contribution in [1.82, 2.24) is 25.1 Å². The molecule has 8 nitrogen and oxygen atoms in total. The number of piperidine rings is 1. The summed E-state index contributed by atoms with van der Waals surface area (Å²) in [5, 5.41) is 12.4. The molecule has 1 saturated heterocycles. The number of alkyl halides is 3. The average molecular weight is 369 g/mol. The van der Waals surface area contributed by atoms with Crippen LogP contribution in [0.4, 0.5) is 30.6 Å². The summed E-state index contributed by atoms with van der Waals surface area (Å²) in [6.07, 6.45) is -1.14. The number of carbonyl (C=O) groups excluding carboxylic acids is 1. The zero-order chi connectivity index (χ0) is 18.9. The van der Waals surface area contributed by atoms with E-state index in [0.29, 0.717) is 25.1 Å². The van der Waals surface area contributed by atoms with Crippen molar-refractivity contribution in [2.24, 2.45) is 0 Å². The molecule has 2 aromatic rings. The monoisotopic (exact) mass is 369 g/mol. The van der Waals surface area contributed by atoms with Crippen molar-refractivity contribution in [3.63, 3.8) is 0 Å². The van der Waals surface area contributed by atoms with Gasteiger partial charge in [0.25, 0.3) is 0 Å². The highest BCUT2D eigenvalue weighted by atomic mass is 19.4. The zero-order valence-corrected chi connectivity index (χ0v) is 14.2. The summed E-state index contributed by atoms with van der Waals surface area (Å²) in [6.45, 7) is 2.32. The molecule has 0 radical (unpaired) electrons. The number of halogens is 3. The van der Waals surface area contributed by atoms with Gasteiger partial charge in [-0.25, -0.2) is 4.98 Å². The van der Waals surface area contributed by atoms with Gasteiger partial charge in [-0.1, -0.05) is 0 Å². The summed E-state index contributed by atoms with van der Waals surface area (Å²) in [5.41, 5.74) is 0.431. The minimum atomic E-state index is -4.54. The predicted molar refractivity (Wildman–Crippen MR) is 88.1 cm³/mol. The first-order valence-corrected chi connectivity index (χ1v) is 7.99. The molecular formula is C15H18F3N7O. The lowest BCUT2D eigenvalue weighted by molar-refractivity contribution is -0.137. The first-order chi connectivity index (χ1) is 12.3. The molecule has 0 saturated carbocycles. The summed E-state index contributed by atoms with van der Waals surface area (Å²) >= 11 is 0. The highest BCUT2D eigenvalue weighted by Crippen LogP contribution is 2.34. The highest BCUT2D eigenvalue weighted by Gasteiger charge is 2.35. The maximum absolute atomic E-state index is 12.9. The molecule has 1 amide bonds. The lowest BCUT2D eigenvalue weighted by Crippen LogP contribution is -2.36. The second-order valence-corrected chi connectivity index (χ2v) is 5.91. The Morgan fingerprint density at radius 3 is 2.73 bits per heavy atom. The fraction of sp³-hybridized carbons (Fsp3) is 0.467. The van der Waals surface area contributed by atoms with Gasteiger partial charge in [0, 0.05) is 26.2 Å². The molecule has 0 aromatic carbocycles. The highest BCUT2D eigenvalue weighted by molar-refractivity contribution is 5.76. The molecular weight excluding hydrogens is 351 g/mol. The van der Waals surface area contributed by atoms with Gasteiger partial charge >= 0.3 is 6.18 Å². The summed E-state index contributed by atoms with van der Waals surface area (Å²) in [7, 11) is 1.36. The van der Waals surface area contributed by atoms with Crippen LogP contribution in [0.25, 0.3) is 0 Å². The second kappa shape index (κ2) is 6.81. The third-order valence-electron chi connectivity index (χ3n) is 4.21. The van der Waals surface area contributed by atoms with E-state index in [1.807, 2.05) is 6.92 Å². The smallest absolute Gasteiger partial charge is 0.372 e. The van der Waals surface area contributed by atoms with Gasteiger partial charge in [0.1, 0.15) is 11.4 Å². The van der Waals surface area contributed by atoms with Crippen molar-refractivity contribution in [3.8, 4) is 0 Å². The number of rotatable bonds is 4. The van der Waals surface area contributed by atoms with Gasteiger partial charge in [0.15, 0.2) is 0 Å². The van der Waals surface area contributed by atoms with Crippen LogP contribution in [-0.4, -0.2) is 39.2 Å². The maximum Gasteiger partial charge on any atom is 0.421 e. The van der Waals surface area contributed by atoms with Gasteiger partial charge in [-0.15, -0.1) is 0 Å². The normalized spacial score (nSPS) is 17.7. The Labute approximate surface area is 147 Å². The van der Waals surface area contributed by atoms with Crippen molar-refractivity contribution >= 4 is 23.4 Å². The molecule has 26 heavy (non-hydrogen) atoms. The Hall–Kier alpha value is -2.85. The minimum absolute atomic E-state index is 0.0159. The summed E-state index contributed by atoms with van der Waals surface area (Å²) in [4.78, 5) is 18.9. The van der Waals surface area contributed by atoms with E-state index in [9.17, 15) is 18.0 Å². The first kappa shape index (κ1) is 18.0. The Morgan fingerprint density at radius 1 is 1.35 bits per heavy atom. The standard InChI is InChI=1S/C15H18F3N7O/c1-8-11(7-22-25(8)9-3-4-12(26)20-5-9)23-14-21-6-10(15(16,17)18)13(19-2)24-14/h6-7,9H,3-5H2,1-2H3,(H,20,26)(H2,19,21,23,24). The SMILES string of the molecule is CNc1nc(Nc2cnn(C3CCC(=O)NC3)c2C)ncc1C(F)(F)F. The Balaban J connectivity index is 1.80. The minimum Gasteiger partial charge on any atom is -0.372 e. The zero-order valence-electron chi connectivity index (χ0n) is 14.2. The molecule has 1 aliphatic rings. The van der Waals surface area contributed by atoms with Crippen LogP contribution < -0.4 is 16.0 Å². The molecule has 1 atom stereocenters. The number of nitrogens with one attached hydrogen (secondary N) is 3.